The molecule has 2 saturated heterocycles. The number of pyridine rings is 1. The maximum absolute atomic E-state index is 12.4. The predicted molar refractivity (Wildman–Crippen MR) is 95.4 cm³/mol. The van der Waals surface area contributed by atoms with Gasteiger partial charge in [0.25, 0.3) is 0 Å². The van der Waals surface area contributed by atoms with Crippen LogP contribution in [0.1, 0.15) is 19.3 Å². The zero-order valence-corrected chi connectivity index (χ0v) is 14.8. The van der Waals surface area contributed by atoms with E-state index in [4.69, 9.17) is 32.7 Å². The quantitative estimate of drug-likeness (QED) is 0.838. The lowest BCUT2D eigenvalue weighted by atomic mass is 9.88. The molecule has 3 heterocycles. The second kappa shape index (κ2) is 6.83. The van der Waals surface area contributed by atoms with E-state index < -0.39 is 0 Å². The first kappa shape index (κ1) is 16.6. The van der Waals surface area contributed by atoms with Crippen molar-refractivity contribution in [1.82, 2.24) is 4.98 Å². The molecule has 2 aliphatic heterocycles. The number of hydrogen-bond acceptors (Lipinski definition) is 4. The lowest BCUT2D eigenvalue weighted by Crippen LogP contribution is -2.30. The average Bonchev–Trinajstić information content (AvgIpc) is 3.22. The van der Waals surface area contributed by atoms with Gasteiger partial charge in [0, 0.05) is 11.9 Å². The number of amides is 1. The van der Waals surface area contributed by atoms with Crippen LogP contribution in [0.25, 0.3) is 0 Å². The number of nitrogens with one attached hydrogen (secondary N) is 1. The molecular weight excluding hydrogens is 363 g/mol. The van der Waals surface area contributed by atoms with Crippen LogP contribution in [0, 0.1) is 5.92 Å². The first-order valence-corrected chi connectivity index (χ1v) is 8.89. The van der Waals surface area contributed by atoms with Gasteiger partial charge in [-0.2, -0.15) is 0 Å². The zero-order valence-electron chi connectivity index (χ0n) is 13.2. The van der Waals surface area contributed by atoms with Gasteiger partial charge in [0.15, 0.2) is 0 Å². The largest absolute Gasteiger partial charge is 0.438 e. The van der Waals surface area contributed by atoms with E-state index in [1.54, 1.807) is 30.3 Å². The third-order valence-corrected chi connectivity index (χ3v) is 5.03. The van der Waals surface area contributed by atoms with Gasteiger partial charge >= 0.3 is 0 Å². The van der Waals surface area contributed by atoms with Gasteiger partial charge in [-0.05, 0) is 49.6 Å². The topological polar surface area (TPSA) is 60.5 Å². The minimum atomic E-state index is -0.0493. The molecule has 4 rings (SSSR count). The molecule has 1 N–H and O–H groups in total. The van der Waals surface area contributed by atoms with Crippen LogP contribution in [0.3, 0.4) is 0 Å². The second-order valence-electron chi connectivity index (χ2n) is 6.27. The minimum absolute atomic E-state index is 0.0169. The molecule has 2 aliphatic rings. The van der Waals surface area contributed by atoms with E-state index in [1.807, 2.05) is 0 Å². The summed E-state index contributed by atoms with van der Waals surface area (Å²) in [4.78, 5) is 16.4. The van der Waals surface area contributed by atoms with Crippen molar-refractivity contribution in [2.45, 2.75) is 31.5 Å². The monoisotopic (exact) mass is 378 g/mol. The van der Waals surface area contributed by atoms with Gasteiger partial charge in [0.2, 0.25) is 11.8 Å². The van der Waals surface area contributed by atoms with E-state index in [9.17, 15) is 4.79 Å². The van der Waals surface area contributed by atoms with Crippen molar-refractivity contribution >= 4 is 34.8 Å². The highest BCUT2D eigenvalue weighted by Gasteiger charge is 2.44. The van der Waals surface area contributed by atoms with E-state index in [1.165, 1.54) is 6.20 Å². The Morgan fingerprint density at radius 1 is 1.24 bits per heavy atom. The number of ether oxygens (including phenoxy) is 2. The lowest BCUT2D eigenvalue weighted by molar-refractivity contribution is -0.121. The molecule has 2 bridgehead atoms. The van der Waals surface area contributed by atoms with Gasteiger partial charge in [-0.1, -0.05) is 23.2 Å². The van der Waals surface area contributed by atoms with Crippen LogP contribution >= 0.6 is 23.2 Å². The fourth-order valence-corrected chi connectivity index (χ4v) is 3.76. The highest BCUT2D eigenvalue weighted by atomic mass is 35.5. The Hall–Kier alpha value is -1.82. The molecule has 3 atom stereocenters. The van der Waals surface area contributed by atoms with Crippen molar-refractivity contribution in [1.29, 1.82) is 0 Å². The van der Waals surface area contributed by atoms with Gasteiger partial charge in [-0.15, -0.1) is 0 Å². The first-order valence-electron chi connectivity index (χ1n) is 8.14. The number of benzene rings is 1. The van der Waals surface area contributed by atoms with Crippen LogP contribution < -0.4 is 10.1 Å². The average molecular weight is 379 g/mol. The summed E-state index contributed by atoms with van der Waals surface area (Å²) >= 11 is 11.9. The molecule has 0 saturated carbocycles. The fourth-order valence-electron chi connectivity index (χ4n) is 3.34. The Kier molecular flexibility index (Phi) is 4.54. The fraction of sp³-hybridized carbons (Fsp3) is 0.333. The molecule has 7 heteroatoms. The Morgan fingerprint density at radius 2 is 2.04 bits per heavy atom. The zero-order chi connectivity index (χ0) is 17.4. The number of nitrogens with zero attached hydrogens (tertiary/aromatic N) is 1. The summed E-state index contributed by atoms with van der Waals surface area (Å²) < 4.78 is 11.4. The van der Waals surface area contributed by atoms with Crippen molar-refractivity contribution in [2.24, 2.45) is 5.92 Å². The number of anilines is 1. The number of carbonyl (C=O) groups excluding carboxylic acids is 1. The van der Waals surface area contributed by atoms with E-state index in [2.05, 4.69) is 10.3 Å². The van der Waals surface area contributed by atoms with Crippen molar-refractivity contribution in [3.05, 3.63) is 46.6 Å². The molecule has 1 aromatic heterocycles. The van der Waals surface area contributed by atoms with E-state index in [-0.39, 0.29) is 29.9 Å². The third-order valence-electron chi connectivity index (χ3n) is 4.55. The molecule has 25 heavy (non-hydrogen) atoms. The highest BCUT2D eigenvalue weighted by Crippen LogP contribution is 2.39. The number of halogens is 2. The summed E-state index contributed by atoms with van der Waals surface area (Å²) in [7, 11) is 0. The van der Waals surface area contributed by atoms with Gasteiger partial charge < -0.3 is 14.8 Å². The summed E-state index contributed by atoms with van der Waals surface area (Å²) in [6, 6.07) is 8.63. The molecule has 2 aromatic rings. The molecule has 5 nitrogen and oxygen atoms in total. The van der Waals surface area contributed by atoms with Crippen LogP contribution in [-0.4, -0.2) is 23.1 Å². The molecular formula is C18H16Cl2N2O3. The second-order valence-corrected chi connectivity index (χ2v) is 7.12. The van der Waals surface area contributed by atoms with Crippen LogP contribution in [0.5, 0.6) is 11.6 Å². The molecule has 0 spiro atoms. The van der Waals surface area contributed by atoms with Crippen LogP contribution in [-0.2, 0) is 9.53 Å². The smallest absolute Gasteiger partial charge is 0.238 e. The molecule has 0 radical (unpaired) electrons. The van der Waals surface area contributed by atoms with Gasteiger partial charge in [0.05, 0.1) is 23.1 Å². The van der Waals surface area contributed by atoms with Gasteiger partial charge in [-0.25, -0.2) is 4.98 Å². The number of fused-ring (bicyclic) bond motifs is 2. The SMILES string of the molecule is O=C(Nc1ccc(Oc2ncc(Cl)cc2Cl)cc1)[C@@H]1C[C@H]2CC[C@@H]1O2. The Balaban J connectivity index is 1.39. The first-order chi connectivity index (χ1) is 12.1. The van der Waals surface area contributed by atoms with E-state index >= 15 is 0 Å². The molecule has 0 unspecified atom stereocenters. The lowest BCUT2D eigenvalue weighted by Gasteiger charge is -2.18. The van der Waals surface area contributed by atoms with Crippen molar-refractivity contribution < 1.29 is 14.3 Å². The Bertz CT molecular complexity index is 797. The number of carbonyl (C=O) groups is 1. The summed E-state index contributed by atoms with van der Waals surface area (Å²) in [6.07, 6.45) is 4.66. The van der Waals surface area contributed by atoms with Crippen LogP contribution in [0.15, 0.2) is 36.5 Å². The van der Waals surface area contributed by atoms with Crippen molar-refractivity contribution in [3.8, 4) is 11.6 Å². The van der Waals surface area contributed by atoms with Crippen LogP contribution in [0.4, 0.5) is 5.69 Å². The van der Waals surface area contributed by atoms with Crippen molar-refractivity contribution in [2.75, 3.05) is 5.32 Å². The summed E-state index contributed by atoms with van der Waals surface area (Å²) in [6.45, 7) is 0. The van der Waals surface area contributed by atoms with E-state index in [0.717, 1.165) is 24.9 Å². The van der Waals surface area contributed by atoms with Gasteiger partial charge in [-0.3, -0.25) is 4.79 Å². The molecule has 130 valence electrons. The molecule has 1 amide bonds. The minimum Gasteiger partial charge on any atom is -0.438 e. The summed E-state index contributed by atoms with van der Waals surface area (Å²) in [5, 5.41) is 3.72. The molecule has 0 aliphatic carbocycles. The number of hydrogen-bond donors (Lipinski definition) is 1. The number of rotatable bonds is 4. The normalized spacial score (nSPS) is 24.3. The Labute approximate surface area is 155 Å². The number of aromatic nitrogens is 1. The van der Waals surface area contributed by atoms with E-state index in [0.29, 0.717) is 15.8 Å². The highest BCUT2D eigenvalue weighted by molar-refractivity contribution is 6.35. The standard InChI is InChI=1S/C18H16Cl2N2O3/c19-10-7-15(20)18(21-9-10)25-12-3-1-11(2-4-12)22-17(23)14-8-13-5-6-16(14)24-13/h1-4,7,9,13-14,16H,5-6,8H2,(H,22,23)/t13-,14-,16+/m1/s1. The molecule has 2 fully saturated rings. The van der Waals surface area contributed by atoms with Gasteiger partial charge in [0.1, 0.15) is 10.8 Å². The summed E-state index contributed by atoms with van der Waals surface area (Å²) in [5.41, 5.74) is 0.718. The van der Waals surface area contributed by atoms with Crippen LogP contribution in [0.2, 0.25) is 10.0 Å². The third kappa shape index (κ3) is 3.59. The summed E-state index contributed by atoms with van der Waals surface area (Å²) in [5.74, 6) is 0.815. The molecule has 1 aromatic carbocycles. The Morgan fingerprint density at radius 3 is 2.68 bits per heavy atom. The predicted octanol–water partition coefficient (Wildman–Crippen LogP) is 4.69. The van der Waals surface area contributed by atoms with Crippen molar-refractivity contribution in [3.63, 3.8) is 0 Å². The maximum Gasteiger partial charge on any atom is 0.238 e. The maximum atomic E-state index is 12.4.